The van der Waals surface area contributed by atoms with Crippen LogP contribution in [0.5, 0.6) is 5.75 Å². The molecule has 0 fully saturated rings. The van der Waals surface area contributed by atoms with Gasteiger partial charge in [0, 0.05) is 40.6 Å². The van der Waals surface area contributed by atoms with E-state index in [0.29, 0.717) is 5.56 Å². The molecule has 0 amide bonds. The van der Waals surface area contributed by atoms with Gasteiger partial charge in [0.2, 0.25) is 0 Å². The van der Waals surface area contributed by atoms with Crippen LogP contribution in [0.3, 0.4) is 0 Å². The van der Waals surface area contributed by atoms with Crippen molar-refractivity contribution in [3.8, 4) is 5.75 Å². The Balaban J connectivity index is 1.99. The van der Waals surface area contributed by atoms with Crippen LogP contribution in [0.25, 0.3) is 5.70 Å². The van der Waals surface area contributed by atoms with Crippen molar-refractivity contribution in [2.45, 2.75) is 25.8 Å². The molecule has 0 spiro atoms. The summed E-state index contributed by atoms with van der Waals surface area (Å²) in [6.45, 7) is 4.15. The van der Waals surface area contributed by atoms with Gasteiger partial charge in [-0.3, -0.25) is 14.9 Å². The van der Waals surface area contributed by atoms with Crippen LogP contribution in [0.2, 0.25) is 0 Å². The van der Waals surface area contributed by atoms with E-state index in [2.05, 4.69) is 19.2 Å². The molecule has 1 aliphatic heterocycles. The van der Waals surface area contributed by atoms with Crippen molar-refractivity contribution in [1.29, 1.82) is 0 Å². The third-order valence-electron chi connectivity index (χ3n) is 4.35. The first-order chi connectivity index (χ1) is 12.3. The number of nitro groups is 1. The normalized spacial score (nSPS) is 16.5. The molecule has 0 aliphatic carbocycles. The summed E-state index contributed by atoms with van der Waals surface area (Å²) in [5.41, 5.74) is 2.96. The summed E-state index contributed by atoms with van der Waals surface area (Å²) in [7, 11) is 1.60. The highest BCUT2D eigenvalue weighted by Crippen LogP contribution is 2.32. The van der Waals surface area contributed by atoms with Gasteiger partial charge in [0.15, 0.2) is 5.78 Å². The molecular weight excluding hydrogens is 332 g/mol. The molecule has 2 aromatic carbocycles. The summed E-state index contributed by atoms with van der Waals surface area (Å²) in [6.07, 6.45) is 2.37. The average molecular weight is 352 g/mol. The number of carbonyl (C=O) groups is 1. The highest BCUT2D eigenvalue weighted by molar-refractivity contribution is 6.08. The van der Waals surface area contributed by atoms with Crippen LogP contribution in [-0.2, 0) is 6.42 Å². The average Bonchev–Trinajstić information content (AvgIpc) is 2.60. The Bertz CT molecular complexity index is 899. The van der Waals surface area contributed by atoms with E-state index in [4.69, 9.17) is 4.74 Å². The molecule has 2 aromatic rings. The van der Waals surface area contributed by atoms with Crippen LogP contribution in [-0.4, -0.2) is 23.4 Å². The fourth-order valence-corrected chi connectivity index (χ4v) is 3.12. The van der Waals surface area contributed by atoms with E-state index in [0.717, 1.165) is 29.0 Å². The van der Waals surface area contributed by atoms with Crippen LogP contribution in [0.15, 0.2) is 48.5 Å². The van der Waals surface area contributed by atoms with Crippen molar-refractivity contribution in [3.63, 3.8) is 0 Å². The zero-order valence-corrected chi connectivity index (χ0v) is 14.9. The van der Waals surface area contributed by atoms with Crippen LogP contribution in [0.1, 0.15) is 35.3 Å². The number of nitrogens with one attached hydrogen (secondary N) is 1. The number of rotatable bonds is 4. The van der Waals surface area contributed by atoms with E-state index in [9.17, 15) is 14.9 Å². The Hall–Kier alpha value is -3.15. The summed E-state index contributed by atoms with van der Waals surface area (Å²) in [5.74, 6) is 0.507. The summed E-state index contributed by atoms with van der Waals surface area (Å²) in [5, 5.41) is 14.2. The lowest BCUT2D eigenvalue weighted by molar-refractivity contribution is -0.384. The van der Waals surface area contributed by atoms with Gasteiger partial charge in [0.1, 0.15) is 5.75 Å². The second-order valence-electron chi connectivity index (χ2n) is 6.93. The predicted molar refractivity (Wildman–Crippen MR) is 99.3 cm³/mol. The molecule has 0 saturated heterocycles. The third kappa shape index (κ3) is 3.59. The Morgan fingerprint density at radius 2 is 1.92 bits per heavy atom. The zero-order valence-electron chi connectivity index (χ0n) is 14.9. The number of fused-ring (bicyclic) bond motifs is 1. The quantitative estimate of drug-likeness (QED) is 0.392. The maximum atomic E-state index is 12.7. The smallest absolute Gasteiger partial charge is 0.269 e. The zero-order chi connectivity index (χ0) is 18.9. The van der Waals surface area contributed by atoms with E-state index < -0.39 is 4.92 Å². The van der Waals surface area contributed by atoms with Crippen LogP contribution < -0.4 is 10.1 Å². The predicted octanol–water partition coefficient (Wildman–Crippen LogP) is 3.75. The van der Waals surface area contributed by atoms with Crippen LogP contribution in [0.4, 0.5) is 5.69 Å². The lowest BCUT2D eigenvalue weighted by atomic mass is 9.85. The maximum absolute atomic E-state index is 12.7. The molecular formula is C20H20N2O4. The number of hydrogen-bond donors (Lipinski definition) is 1. The van der Waals surface area contributed by atoms with E-state index in [1.165, 1.54) is 24.3 Å². The van der Waals surface area contributed by atoms with E-state index >= 15 is 0 Å². The van der Waals surface area contributed by atoms with Crippen molar-refractivity contribution in [1.82, 2.24) is 5.32 Å². The highest BCUT2D eigenvalue weighted by Gasteiger charge is 2.28. The molecule has 0 atom stereocenters. The lowest BCUT2D eigenvalue weighted by Crippen LogP contribution is -2.43. The van der Waals surface area contributed by atoms with E-state index in [1.54, 1.807) is 13.2 Å². The minimum absolute atomic E-state index is 0.0405. The minimum atomic E-state index is -0.486. The Kier molecular flexibility index (Phi) is 4.50. The summed E-state index contributed by atoms with van der Waals surface area (Å²) in [6, 6.07) is 11.4. The maximum Gasteiger partial charge on any atom is 0.269 e. The number of ketones is 1. The third-order valence-corrected chi connectivity index (χ3v) is 4.35. The Labute approximate surface area is 151 Å². The largest absolute Gasteiger partial charge is 0.497 e. The minimum Gasteiger partial charge on any atom is -0.497 e. The number of benzene rings is 2. The van der Waals surface area contributed by atoms with E-state index in [-0.39, 0.29) is 17.0 Å². The number of ether oxygens (including phenoxy) is 1. The number of hydrogen-bond acceptors (Lipinski definition) is 5. The number of allylic oxidation sites excluding steroid dienone is 1. The fraction of sp³-hybridized carbons (Fsp3) is 0.250. The van der Waals surface area contributed by atoms with Crippen molar-refractivity contribution in [3.05, 3.63) is 75.3 Å². The Morgan fingerprint density at radius 1 is 1.23 bits per heavy atom. The van der Waals surface area contributed by atoms with Crippen molar-refractivity contribution in [2.75, 3.05) is 7.11 Å². The van der Waals surface area contributed by atoms with Gasteiger partial charge in [0.25, 0.3) is 5.69 Å². The van der Waals surface area contributed by atoms with Gasteiger partial charge >= 0.3 is 0 Å². The van der Waals surface area contributed by atoms with Gasteiger partial charge in [-0.15, -0.1) is 0 Å². The van der Waals surface area contributed by atoms with Crippen molar-refractivity contribution >= 4 is 17.2 Å². The topological polar surface area (TPSA) is 81.5 Å². The second-order valence-corrected chi connectivity index (χ2v) is 6.93. The molecule has 0 radical (unpaired) electrons. The van der Waals surface area contributed by atoms with Crippen molar-refractivity contribution < 1.29 is 14.5 Å². The molecule has 26 heavy (non-hydrogen) atoms. The van der Waals surface area contributed by atoms with Gasteiger partial charge in [-0.2, -0.15) is 0 Å². The van der Waals surface area contributed by atoms with Crippen LogP contribution >= 0.6 is 0 Å². The molecule has 6 heteroatoms. The number of methoxy groups -OCH3 is 1. The lowest BCUT2D eigenvalue weighted by Gasteiger charge is -2.35. The molecule has 134 valence electrons. The first-order valence-electron chi connectivity index (χ1n) is 8.25. The molecule has 0 unspecified atom stereocenters. The molecule has 3 rings (SSSR count). The molecule has 0 aromatic heterocycles. The second kappa shape index (κ2) is 6.63. The molecule has 1 N–H and O–H groups in total. The first kappa shape index (κ1) is 17.7. The van der Waals surface area contributed by atoms with Gasteiger partial charge in [-0.1, -0.05) is 6.07 Å². The number of non-ortho nitro benzene ring substituents is 1. The van der Waals surface area contributed by atoms with Gasteiger partial charge in [0.05, 0.1) is 12.0 Å². The summed E-state index contributed by atoms with van der Waals surface area (Å²) in [4.78, 5) is 22.9. The summed E-state index contributed by atoms with van der Waals surface area (Å²) >= 11 is 0. The van der Waals surface area contributed by atoms with Crippen molar-refractivity contribution in [2.24, 2.45) is 0 Å². The van der Waals surface area contributed by atoms with Gasteiger partial charge in [-0.25, -0.2) is 0 Å². The fourth-order valence-electron chi connectivity index (χ4n) is 3.12. The highest BCUT2D eigenvalue weighted by atomic mass is 16.6. The van der Waals surface area contributed by atoms with Crippen LogP contribution in [0, 0.1) is 10.1 Å². The van der Waals surface area contributed by atoms with Gasteiger partial charge < -0.3 is 10.1 Å². The molecule has 0 bridgehead atoms. The monoisotopic (exact) mass is 352 g/mol. The Morgan fingerprint density at radius 3 is 2.54 bits per heavy atom. The number of nitrogens with zero attached hydrogens (tertiary/aromatic N) is 1. The standard InChI is InChI=1S/C20H20N2O4/c1-20(2)12-14-6-9-16(26-3)10-17(14)18(21-20)11-19(23)13-4-7-15(8-5-13)22(24)25/h4-11,21H,12H2,1-3H3. The van der Waals surface area contributed by atoms with Gasteiger partial charge in [-0.05, 0) is 50.1 Å². The molecule has 1 heterocycles. The number of nitro benzene ring substituents is 1. The van der Waals surface area contributed by atoms with E-state index in [1.807, 2.05) is 18.2 Å². The SMILES string of the molecule is COc1ccc2c(c1)C(=CC(=O)c1ccc([N+](=O)[O-])cc1)NC(C)(C)C2. The molecule has 0 saturated carbocycles. The molecule has 1 aliphatic rings. The summed E-state index contributed by atoms with van der Waals surface area (Å²) < 4.78 is 5.30. The number of carbonyl (C=O) groups excluding carboxylic acids is 1. The molecule has 6 nitrogen and oxygen atoms in total. The first-order valence-corrected chi connectivity index (χ1v) is 8.25.